The maximum Gasteiger partial charge on any atom is 0.303 e. The molecule has 1 rings (SSSR count). The number of carboxylic acids is 1. The summed E-state index contributed by atoms with van der Waals surface area (Å²) >= 11 is 0. The van der Waals surface area contributed by atoms with Gasteiger partial charge in [0.1, 0.15) is 0 Å². The molecule has 0 radical (unpaired) electrons. The van der Waals surface area contributed by atoms with E-state index in [4.69, 9.17) is 10.8 Å². The highest BCUT2D eigenvalue weighted by Crippen LogP contribution is 2.27. The molecule has 0 saturated heterocycles. The molecule has 1 fully saturated rings. The Kier molecular flexibility index (Phi) is 4.22. The van der Waals surface area contributed by atoms with Crippen molar-refractivity contribution in [3.05, 3.63) is 0 Å². The fourth-order valence-corrected chi connectivity index (χ4v) is 2.09. The topological polar surface area (TPSA) is 63.3 Å². The lowest BCUT2D eigenvalue weighted by Gasteiger charge is -2.26. The predicted octanol–water partition coefficient (Wildman–Crippen LogP) is 1.76. The lowest BCUT2D eigenvalue weighted by Crippen LogP contribution is -2.32. The fraction of sp³-hybridized carbons (Fsp3) is 0.900. The molecule has 0 aromatic heterocycles. The van der Waals surface area contributed by atoms with Crippen molar-refractivity contribution in [2.24, 2.45) is 11.7 Å². The number of rotatable bonds is 4. The largest absolute Gasteiger partial charge is 0.481 e. The van der Waals surface area contributed by atoms with Gasteiger partial charge in [-0.3, -0.25) is 4.79 Å². The Balaban J connectivity index is 2.20. The first-order valence-electron chi connectivity index (χ1n) is 5.17. The van der Waals surface area contributed by atoms with Crippen molar-refractivity contribution < 1.29 is 9.90 Å². The molecule has 1 aliphatic rings. The molecule has 0 bridgehead atoms. The molecule has 1 unspecified atom stereocenters. The van der Waals surface area contributed by atoms with E-state index in [1.165, 1.54) is 32.1 Å². The Bertz CT molecular complexity index is 164. The van der Waals surface area contributed by atoms with Crippen molar-refractivity contribution in [1.29, 1.82) is 0 Å². The van der Waals surface area contributed by atoms with Gasteiger partial charge >= 0.3 is 5.97 Å². The highest BCUT2D eigenvalue weighted by Gasteiger charge is 2.20. The first kappa shape index (κ1) is 10.5. The van der Waals surface area contributed by atoms with Gasteiger partial charge in [-0.25, -0.2) is 0 Å². The van der Waals surface area contributed by atoms with E-state index in [-0.39, 0.29) is 12.5 Å². The predicted molar refractivity (Wildman–Crippen MR) is 51.4 cm³/mol. The van der Waals surface area contributed by atoms with Gasteiger partial charge in [0.15, 0.2) is 0 Å². The summed E-state index contributed by atoms with van der Waals surface area (Å²) in [5.74, 6) is -0.153. The summed E-state index contributed by atoms with van der Waals surface area (Å²) in [5.41, 5.74) is 5.93. The van der Waals surface area contributed by atoms with Crippen LogP contribution >= 0.6 is 0 Å². The number of hydrogen-bond acceptors (Lipinski definition) is 2. The molecule has 13 heavy (non-hydrogen) atoms. The third-order valence-corrected chi connectivity index (χ3v) is 2.95. The molecule has 0 aromatic rings. The van der Waals surface area contributed by atoms with Crippen LogP contribution in [0.3, 0.4) is 0 Å². The van der Waals surface area contributed by atoms with Crippen LogP contribution < -0.4 is 5.73 Å². The molecule has 0 aliphatic heterocycles. The van der Waals surface area contributed by atoms with Gasteiger partial charge in [-0.15, -0.1) is 0 Å². The molecule has 0 heterocycles. The number of nitrogens with two attached hydrogens (primary N) is 1. The van der Waals surface area contributed by atoms with Crippen LogP contribution in [0, 0.1) is 5.92 Å². The highest BCUT2D eigenvalue weighted by molar-refractivity contribution is 5.66. The monoisotopic (exact) mass is 185 g/mol. The molecule has 1 aliphatic carbocycles. The van der Waals surface area contributed by atoms with E-state index in [1.54, 1.807) is 0 Å². The van der Waals surface area contributed by atoms with Gasteiger partial charge in [0.2, 0.25) is 0 Å². The summed E-state index contributed by atoms with van der Waals surface area (Å²) in [6.45, 7) is 0. The Hall–Kier alpha value is -0.570. The number of carbonyl (C=O) groups is 1. The van der Waals surface area contributed by atoms with E-state index in [2.05, 4.69) is 0 Å². The molecule has 3 nitrogen and oxygen atoms in total. The van der Waals surface area contributed by atoms with E-state index < -0.39 is 5.97 Å². The summed E-state index contributed by atoms with van der Waals surface area (Å²) in [5, 5.41) is 8.51. The normalized spacial score (nSPS) is 21.3. The van der Waals surface area contributed by atoms with E-state index in [9.17, 15) is 4.79 Å². The van der Waals surface area contributed by atoms with Gasteiger partial charge in [-0.2, -0.15) is 0 Å². The molecule has 0 spiro atoms. The van der Waals surface area contributed by atoms with E-state index >= 15 is 0 Å². The quantitative estimate of drug-likeness (QED) is 0.701. The molecule has 3 heteroatoms. The van der Waals surface area contributed by atoms with Crippen LogP contribution in [-0.2, 0) is 4.79 Å². The Morgan fingerprint density at radius 1 is 1.38 bits per heavy atom. The van der Waals surface area contributed by atoms with Gasteiger partial charge < -0.3 is 10.8 Å². The standard InChI is InChI=1S/C10H19NO2/c11-9(6-7-10(12)13)8-4-2-1-3-5-8/h8-9H,1-7,11H2,(H,12,13). The Morgan fingerprint density at radius 2 is 2.00 bits per heavy atom. The Morgan fingerprint density at radius 3 is 2.54 bits per heavy atom. The molecule has 0 amide bonds. The van der Waals surface area contributed by atoms with Crippen molar-refractivity contribution >= 4 is 5.97 Å². The van der Waals surface area contributed by atoms with Crippen molar-refractivity contribution in [1.82, 2.24) is 0 Å². The SMILES string of the molecule is NC(CCC(=O)O)C1CCCCC1. The van der Waals surface area contributed by atoms with Crippen LogP contribution in [0.15, 0.2) is 0 Å². The summed E-state index contributed by atoms with van der Waals surface area (Å²) in [6.07, 6.45) is 7.11. The fourth-order valence-electron chi connectivity index (χ4n) is 2.09. The number of carboxylic acid groups (broad SMARTS) is 1. The third kappa shape index (κ3) is 3.77. The first-order chi connectivity index (χ1) is 6.20. The Labute approximate surface area is 79.3 Å². The van der Waals surface area contributed by atoms with Gasteiger partial charge in [0.25, 0.3) is 0 Å². The molecular weight excluding hydrogens is 166 g/mol. The van der Waals surface area contributed by atoms with Gasteiger partial charge in [-0.05, 0) is 25.2 Å². The molecule has 1 saturated carbocycles. The molecule has 76 valence electrons. The average molecular weight is 185 g/mol. The van der Waals surface area contributed by atoms with Crippen LogP contribution in [0.4, 0.5) is 0 Å². The van der Waals surface area contributed by atoms with E-state index in [1.807, 2.05) is 0 Å². The second kappa shape index (κ2) is 5.22. The average Bonchev–Trinajstić information content (AvgIpc) is 2.15. The minimum atomic E-state index is -0.730. The second-order valence-electron chi connectivity index (χ2n) is 3.99. The van der Waals surface area contributed by atoms with Crippen molar-refractivity contribution in [2.75, 3.05) is 0 Å². The second-order valence-corrected chi connectivity index (χ2v) is 3.99. The zero-order valence-corrected chi connectivity index (χ0v) is 8.04. The van der Waals surface area contributed by atoms with Crippen LogP contribution in [-0.4, -0.2) is 17.1 Å². The third-order valence-electron chi connectivity index (χ3n) is 2.95. The van der Waals surface area contributed by atoms with Crippen LogP contribution in [0.25, 0.3) is 0 Å². The zero-order valence-electron chi connectivity index (χ0n) is 8.04. The van der Waals surface area contributed by atoms with Gasteiger partial charge in [0.05, 0.1) is 0 Å². The van der Waals surface area contributed by atoms with Crippen molar-refractivity contribution in [2.45, 2.75) is 51.0 Å². The first-order valence-corrected chi connectivity index (χ1v) is 5.17. The summed E-state index contributed by atoms with van der Waals surface area (Å²) < 4.78 is 0. The van der Waals surface area contributed by atoms with Crippen LogP contribution in [0.1, 0.15) is 44.9 Å². The lowest BCUT2D eigenvalue weighted by molar-refractivity contribution is -0.137. The van der Waals surface area contributed by atoms with E-state index in [0.29, 0.717) is 12.3 Å². The van der Waals surface area contributed by atoms with Gasteiger partial charge in [-0.1, -0.05) is 19.3 Å². The maximum absolute atomic E-state index is 10.3. The highest BCUT2D eigenvalue weighted by atomic mass is 16.4. The van der Waals surface area contributed by atoms with Crippen molar-refractivity contribution in [3.8, 4) is 0 Å². The smallest absolute Gasteiger partial charge is 0.303 e. The zero-order chi connectivity index (χ0) is 9.68. The molecule has 3 N–H and O–H groups in total. The lowest BCUT2D eigenvalue weighted by atomic mass is 9.83. The maximum atomic E-state index is 10.3. The summed E-state index contributed by atoms with van der Waals surface area (Å²) in [6, 6.07) is 0.108. The molecular formula is C10H19NO2. The number of hydrogen-bond donors (Lipinski definition) is 2. The minimum absolute atomic E-state index is 0.108. The van der Waals surface area contributed by atoms with Crippen LogP contribution in [0.2, 0.25) is 0 Å². The number of aliphatic carboxylic acids is 1. The van der Waals surface area contributed by atoms with Crippen LogP contribution in [0.5, 0.6) is 0 Å². The summed E-state index contributed by atoms with van der Waals surface area (Å²) in [4.78, 5) is 10.3. The molecule has 1 atom stereocenters. The van der Waals surface area contributed by atoms with E-state index in [0.717, 1.165) is 0 Å². The summed E-state index contributed by atoms with van der Waals surface area (Å²) in [7, 11) is 0. The van der Waals surface area contributed by atoms with Gasteiger partial charge in [0, 0.05) is 12.5 Å². The minimum Gasteiger partial charge on any atom is -0.481 e. The molecule has 0 aromatic carbocycles. The van der Waals surface area contributed by atoms with Crippen molar-refractivity contribution in [3.63, 3.8) is 0 Å².